The summed E-state index contributed by atoms with van der Waals surface area (Å²) in [5.41, 5.74) is 8.26. The highest BCUT2D eigenvalue weighted by Crippen LogP contribution is 2.21. The molecule has 2 rings (SSSR count). The first kappa shape index (κ1) is 9.02. The second kappa shape index (κ2) is 3.31. The van der Waals surface area contributed by atoms with Gasteiger partial charge >= 0.3 is 0 Å². The summed E-state index contributed by atoms with van der Waals surface area (Å²) in [7, 11) is 1.93. The van der Waals surface area contributed by atoms with E-state index < -0.39 is 0 Å². The molecule has 1 heterocycles. The largest absolute Gasteiger partial charge is 0.441 e. The van der Waals surface area contributed by atoms with Crippen LogP contribution in [0.25, 0.3) is 11.1 Å². The van der Waals surface area contributed by atoms with Crippen molar-refractivity contribution in [2.75, 3.05) is 18.6 Å². The van der Waals surface area contributed by atoms with Gasteiger partial charge in [0.25, 0.3) is 0 Å². The first-order valence-corrected chi connectivity index (χ1v) is 4.49. The first-order valence-electron chi connectivity index (χ1n) is 4.49. The average molecular weight is 191 g/mol. The molecule has 0 bridgehead atoms. The Kier molecular flexibility index (Phi) is 2.13. The van der Waals surface area contributed by atoms with Crippen LogP contribution in [0.1, 0.15) is 5.89 Å². The van der Waals surface area contributed by atoms with Gasteiger partial charge in [-0.05, 0) is 12.1 Å². The third-order valence-electron chi connectivity index (χ3n) is 2.19. The molecule has 0 aliphatic heterocycles. The van der Waals surface area contributed by atoms with Gasteiger partial charge < -0.3 is 15.1 Å². The predicted molar refractivity (Wildman–Crippen MR) is 56.2 cm³/mol. The second-order valence-corrected chi connectivity index (χ2v) is 3.27. The molecule has 4 nitrogen and oxygen atoms in total. The maximum Gasteiger partial charge on any atom is 0.192 e. The summed E-state index contributed by atoms with van der Waals surface area (Å²) in [5, 5.41) is 0. The molecular formula is C10H13N3O. The summed E-state index contributed by atoms with van der Waals surface area (Å²) in [6.07, 6.45) is 0. The fourth-order valence-electron chi connectivity index (χ4n) is 1.37. The van der Waals surface area contributed by atoms with Crippen LogP contribution in [0.2, 0.25) is 0 Å². The molecule has 2 N–H and O–H groups in total. The summed E-state index contributed by atoms with van der Waals surface area (Å²) < 4.78 is 5.42. The van der Waals surface area contributed by atoms with E-state index in [1.807, 2.05) is 37.1 Å². The van der Waals surface area contributed by atoms with E-state index in [1.165, 1.54) is 0 Å². The quantitative estimate of drug-likeness (QED) is 0.731. The lowest BCUT2D eigenvalue weighted by Gasteiger charge is -2.15. The lowest BCUT2D eigenvalue weighted by molar-refractivity contribution is 0.561. The Morgan fingerprint density at radius 1 is 1.50 bits per heavy atom. The van der Waals surface area contributed by atoms with Crippen molar-refractivity contribution in [2.24, 2.45) is 5.73 Å². The fraction of sp³-hybridized carbons (Fsp3) is 0.300. The zero-order chi connectivity index (χ0) is 10.1. The molecule has 0 saturated heterocycles. The second-order valence-electron chi connectivity index (χ2n) is 3.27. The molecule has 14 heavy (non-hydrogen) atoms. The third-order valence-corrected chi connectivity index (χ3v) is 2.19. The van der Waals surface area contributed by atoms with E-state index >= 15 is 0 Å². The van der Waals surface area contributed by atoms with E-state index in [0.29, 0.717) is 12.6 Å². The summed E-state index contributed by atoms with van der Waals surface area (Å²) in [5.74, 6) is 0.688. The van der Waals surface area contributed by atoms with Crippen molar-refractivity contribution in [3.05, 3.63) is 24.1 Å². The number of hydrogen-bond acceptors (Lipinski definition) is 4. The number of aryl methyl sites for hydroxylation is 1. The van der Waals surface area contributed by atoms with Crippen molar-refractivity contribution in [1.82, 2.24) is 4.98 Å². The number of nitrogens with zero attached hydrogens (tertiary/aromatic N) is 2. The van der Waals surface area contributed by atoms with Crippen molar-refractivity contribution in [3.63, 3.8) is 0 Å². The number of benzene rings is 1. The molecule has 4 heteroatoms. The summed E-state index contributed by atoms with van der Waals surface area (Å²) in [6, 6.07) is 5.87. The van der Waals surface area contributed by atoms with Crippen molar-refractivity contribution >= 4 is 16.8 Å². The van der Waals surface area contributed by atoms with Gasteiger partial charge in [-0.25, -0.2) is 4.98 Å². The fourth-order valence-corrected chi connectivity index (χ4v) is 1.37. The molecule has 0 aliphatic carbocycles. The lowest BCUT2D eigenvalue weighted by atomic mass is 10.3. The van der Waals surface area contributed by atoms with Crippen LogP contribution in [0.3, 0.4) is 0 Å². The lowest BCUT2D eigenvalue weighted by Crippen LogP contribution is -2.24. The predicted octanol–water partition coefficient (Wildman–Crippen LogP) is 1.49. The molecule has 74 valence electrons. The van der Waals surface area contributed by atoms with Gasteiger partial charge in [0.15, 0.2) is 11.5 Å². The van der Waals surface area contributed by atoms with E-state index in [0.717, 1.165) is 16.8 Å². The highest BCUT2D eigenvalue weighted by molar-refractivity contribution is 5.77. The maximum absolute atomic E-state index is 5.53. The van der Waals surface area contributed by atoms with Crippen molar-refractivity contribution in [2.45, 2.75) is 6.92 Å². The highest BCUT2D eigenvalue weighted by atomic mass is 16.3. The zero-order valence-electron chi connectivity index (χ0n) is 8.32. The van der Waals surface area contributed by atoms with Gasteiger partial charge in [-0.2, -0.15) is 0 Å². The zero-order valence-corrected chi connectivity index (χ0v) is 8.32. The van der Waals surface area contributed by atoms with Crippen LogP contribution in [0.4, 0.5) is 5.69 Å². The van der Waals surface area contributed by atoms with Gasteiger partial charge in [-0.15, -0.1) is 0 Å². The maximum atomic E-state index is 5.53. The number of rotatable bonds is 2. The minimum Gasteiger partial charge on any atom is -0.441 e. The SMILES string of the molecule is Cc1nc2ccc(N(C)CN)cc2o1. The van der Waals surface area contributed by atoms with Crippen molar-refractivity contribution in [1.29, 1.82) is 0 Å². The van der Waals surface area contributed by atoms with Crippen LogP contribution in [0, 0.1) is 6.92 Å². The van der Waals surface area contributed by atoms with Gasteiger partial charge in [0.1, 0.15) is 5.52 Å². The molecule has 0 spiro atoms. The molecule has 0 atom stereocenters. The Labute approximate surface area is 82.3 Å². The van der Waals surface area contributed by atoms with E-state index in [-0.39, 0.29) is 0 Å². The van der Waals surface area contributed by atoms with Gasteiger partial charge in [0.2, 0.25) is 0 Å². The van der Waals surface area contributed by atoms with Crippen molar-refractivity contribution < 1.29 is 4.42 Å². The Morgan fingerprint density at radius 3 is 3.00 bits per heavy atom. The molecule has 0 fully saturated rings. The van der Waals surface area contributed by atoms with Gasteiger partial charge in [-0.1, -0.05) is 0 Å². The third kappa shape index (κ3) is 1.44. The van der Waals surface area contributed by atoms with Gasteiger partial charge in [0.05, 0.1) is 6.67 Å². The molecule has 0 aliphatic rings. The van der Waals surface area contributed by atoms with E-state index in [4.69, 9.17) is 10.2 Å². The summed E-state index contributed by atoms with van der Waals surface area (Å²) in [4.78, 5) is 6.16. The Hall–Kier alpha value is -1.55. The monoisotopic (exact) mass is 191 g/mol. The van der Waals surface area contributed by atoms with Gasteiger partial charge in [-0.3, -0.25) is 0 Å². The smallest absolute Gasteiger partial charge is 0.192 e. The molecule has 0 saturated carbocycles. The Bertz CT molecular complexity index is 450. The van der Waals surface area contributed by atoms with E-state index in [2.05, 4.69) is 4.98 Å². The topological polar surface area (TPSA) is 55.3 Å². The highest BCUT2D eigenvalue weighted by Gasteiger charge is 2.04. The minimum atomic E-state index is 0.485. The molecule has 1 aromatic carbocycles. The summed E-state index contributed by atoms with van der Waals surface area (Å²) >= 11 is 0. The Balaban J connectivity index is 2.50. The standard InChI is InChI=1S/C10H13N3O/c1-7-12-9-4-3-8(13(2)6-11)5-10(9)14-7/h3-5H,6,11H2,1-2H3. The first-order chi connectivity index (χ1) is 6.70. The van der Waals surface area contributed by atoms with Crippen LogP contribution in [0.5, 0.6) is 0 Å². The molecule has 0 unspecified atom stereocenters. The normalized spacial score (nSPS) is 10.8. The number of anilines is 1. The number of fused-ring (bicyclic) bond motifs is 1. The van der Waals surface area contributed by atoms with E-state index in [9.17, 15) is 0 Å². The minimum absolute atomic E-state index is 0.485. The van der Waals surface area contributed by atoms with Crippen LogP contribution in [0.15, 0.2) is 22.6 Å². The van der Waals surface area contributed by atoms with Gasteiger partial charge in [0, 0.05) is 25.7 Å². The molecular weight excluding hydrogens is 178 g/mol. The molecule has 1 aromatic heterocycles. The Morgan fingerprint density at radius 2 is 2.29 bits per heavy atom. The van der Waals surface area contributed by atoms with Crippen LogP contribution in [-0.4, -0.2) is 18.7 Å². The number of oxazole rings is 1. The number of hydrogen-bond donors (Lipinski definition) is 1. The molecule has 0 amide bonds. The van der Waals surface area contributed by atoms with E-state index in [1.54, 1.807) is 0 Å². The summed E-state index contributed by atoms with van der Waals surface area (Å²) in [6.45, 7) is 2.32. The van der Waals surface area contributed by atoms with Crippen LogP contribution >= 0.6 is 0 Å². The number of nitrogens with two attached hydrogens (primary N) is 1. The van der Waals surface area contributed by atoms with Crippen LogP contribution in [-0.2, 0) is 0 Å². The van der Waals surface area contributed by atoms with Crippen LogP contribution < -0.4 is 10.6 Å². The number of aromatic nitrogens is 1. The van der Waals surface area contributed by atoms with Crippen molar-refractivity contribution in [3.8, 4) is 0 Å². The molecule has 2 aromatic rings. The average Bonchev–Trinajstić information content (AvgIpc) is 2.55. The molecule has 0 radical (unpaired) electrons.